The zero-order valence-corrected chi connectivity index (χ0v) is 21.5. The van der Waals surface area contributed by atoms with Crippen molar-refractivity contribution >= 4 is 29.1 Å². The van der Waals surface area contributed by atoms with E-state index in [9.17, 15) is 18.0 Å². The zero-order valence-electron chi connectivity index (χ0n) is 20.0. The highest BCUT2D eigenvalue weighted by molar-refractivity contribution is 6.42. The average Bonchev–Trinajstić information content (AvgIpc) is 3.35. The fourth-order valence-electron chi connectivity index (χ4n) is 4.29. The van der Waals surface area contributed by atoms with E-state index in [1.807, 2.05) is 19.1 Å². The number of likely N-dealkylation sites (tertiary alicyclic amines) is 1. The molecule has 4 rings (SSSR count). The van der Waals surface area contributed by atoms with Crippen LogP contribution < -0.4 is 9.47 Å². The number of aromatic nitrogens is 2. The molecule has 0 bridgehead atoms. The van der Waals surface area contributed by atoms with E-state index in [1.54, 1.807) is 29.2 Å². The van der Waals surface area contributed by atoms with Crippen molar-refractivity contribution in [1.82, 2.24) is 14.9 Å². The molecule has 1 aromatic carbocycles. The molecule has 198 valence electrons. The van der Waals surface area contributed by atoms with Gasteiger partial charge in [0.25, 0.3) is 5.91 Å². The lowest BCUT2D eigenvalue weighted by Crippen LogP contribution is -2.32. The van der Waals surface area contributed by atoms with Crippen molar-refractivity contribution in [1.29, 1.82) is 5.26 Å². The summed E-state index contributed by atoms with van der Waals surface area (Å²) in [5, 5.41) is 9.78. The lowest BCUT2D eigenvalue weighted by Gasteiger charge is -2.25. The summed E-state index contributed by atoms with van der Waals surface area (Å²) in [4.78, 5) is 22.9. The number of ether oxygens (including phenoxy) is 2. The minimum absolute atomic E-state index is 0.163. The van der Waals surface area contributed by atoms with Gasteiger partial charge in [-0.2, -0.15) is 18.4 Å². The number of hydrogen-bond donors (Lipinski definition) is 0. The molecule has 1 aliphatic heterocycles. The molecule has 2 aromatic heterocycles. The molecule has 3 aromatic rings. The van der Waals surface area contributed by atoms with Gasteiger partial charge in [0.1, 0.15) is 12.2 Å². The Morgan fingerprint density at radius 1 is 1.11 bits per heavy atom. The molecule has 1 amide bonds. The first-order valence-corrected chi connectivity index (χ1v) is 12.2. The van der Waals surface area contributed by atoms with Crippen molar-refractivity contribution in [2.75, 3.05) is 19.7 Å². The molecule has 1 aliphatic rings. The minimum atomic E-state index is -4.49. The van der Waals surface area contributed by atoms with E-state index in [0.717, 1.165) is 5.56 Å². The Morgan fingerprint density at radius 2 is 1.84 bits per heavy atom. The molecule has 1 unspecified atom stereocenters. The number of halogens is 5. The second-order valence-electron chi connectivity index (χ2n) is 8.76. The SMILES string of the molecule is C[C@H](Oc1ccc(C#N)cn1)C1CN(C(=O)c2ccc(OCC(F)(F)F)nc2)C[C@@H]1c1ccc(Cl)c(Cl)c1. The predicted molar refractivity (Wildman–Crippen MR) is 133 cm³/mol. The van der Waals surface area contributed by atoms with E-state index in [0.29, 0.717) is 34.6 Å². The van der Waals surface area contributed by atoms with Gasteiger partial charge in [-0.1, -0.05) is 29.3 Å². The van der Waals surface area contributed by atoms with E-state index >= 15 is 0 Å². The van der Waals surface area contributed by atoms with Crippen molar-refractivity contribution < 1.29 is 27.4 Å². The van der Waals surface area contributed by atoms with Crippen molar-refractivity contribution in [2.45, 2.75) is 25.1 Å². The Kier molecular flexibility index (Phi) is 8.29. The van der Waals surface area contributed by atoms with Crippen LogP contribution in [0.5, 0.6) is 11.8 Å². The van der Waals surface area contributed by atoms with E-state index < -0.39 is 12.8 Å². The summed E-state index contributed by atoms with van der Waals surface area (Å²) in [6, 6.07) is 13.1. The van der Waals surface area contributed by atoms with Gasteiger partial charge in [-0.3, -0.25) is 4.79 Å². The molecule has 7 nitrogen and oxygen atoms in total. The highest BCUT2D eigenvalue weighted by Crippen LogP contribution is 2.38. The molecular formula is C26H21Cl2F3N4O3. The van der Waals surface area contributed by atoms with Gasteiger partial charge in [0.15, 0.2) is 6.61 Å². The number of alkyl halides is 3. The highest BCUT2D eigenvalue weighted by atomic mass is 35.5. The third-order valence-electron chi connectivity index (χ3n) is 6.17. The predicted octanol–water partition coefficient (Wildman–Crippen LogP) is 5.92. The van der Waals surface area contributed by atoms with E-state index in [2.05, 4.69) is 14.7 Å². The van der Waals surface area contributed by atoms with Crippen LogP contribution >= 0.6 is 23.2 Å². The summed E-state index contributed by atoms with van der Waals surface area (Å²) in [7, 11) is 0. The van der Waals surface area contributed by atoms with Gasteiger partial charge in [-0.25, -0.2) is 9.97 Å². The molecule has 3 heterocycles. The molecule has 1 saturated heterocycles. The number of carbonyl (C=O) groups excluding carboxylic acids is 1. The number of hydrogen-bond acceptors (Lipinski definition) is 6. The summed E-state index contributed by atoms with van der Waals surface area (Å²) >= 11 is 12.4. The van der Waals surface area contributed by atoms with Crippen molar-refractivity contribution in [3.63, 3.8) is 0 Å². The Balaban J connectivity index is 1.54. The molecule has 0 aliphatic carbocycles. The monoisotopic (exact) mass is 564 g/mol. The molecule has 0 saturated carbocycles. The molecule has 38 heavy (non-hydrogen) atoms. The Morgan fingerprint density at radius 3 is 2.45 bits per heavy atom. The first-order chi connectivity index (χ1) is 18.0. The fourth-order valence-corrected chi connectivity index (χ4v) is 4.60. The maximum Gasteiger partial charge on any atom is 0.422 e. The van der Waals surface area contributed by atoms with Crippen molar-refractivity contribution in [2.24, 2.45) is 5.92 Å². The number of carbonyl (C=O) groups is 1. The van der Waals surface area contributed by atoms with E-state index in [1.165, 1.54) is 24.5 Å². The smallest absolute Gasteiger partial charge is 0.422 e. The molecular weight excluding hydrogens is 544 g/mol. The standard InChI is InChI=1S/C26H21Cl2F3N4O3/c1-15(38-24-6-2-16(9-32)10-33-24)19-12-35(13-20(19)17-3-5-21(27)22(28)8-17)25(36)18-4-7-23(34-11-18)37-14-26(29,30)31/h2-8,10-11,15,19-20H,12-14H2,1H3/t15-,19?,20+/m0/s1. The lowest BCUT2D eigenvalue weighted by molar-refractivity contribution is -0.154. The number of nitrogens with zero attached hydrogens (tertiary/aromatic N) is 4. The normalized spacial score (nSPS) is 18.1. The first kappa shape index (κ1) is 27.5. The number of benzene rings is 1. The second kappa shape index (κ2) is 11.5. The Labute approximate surface area is 226 Å². The van der Waals surface area contributed by atoms with Crippen LogP contribution in [-0.4, -0.2) is 52.8 Å². The summed E-state index contributed by atoms with van der Waals surface area (Å²) < 4.78 is 47.9. The van der Waals surface area contributed by atoms with Gasteiger partial charge in [0.05, 0.1) is 21.2 Å². The van der Waals surface area contributed by atoms with Crippen molar-refractivity contribution in [3.05, 3.63) is 81.6 Å². The van der Waals surface area contributed by atoms with Crippen LogP contribution in [0, 0.1) is 17.2 Å². The van der Waals surface area contributed by atoms with E-state index in [-0.39, 0.29) is 35.3 Å². The largest absolute Gasteiger partial charge is 0.474 e. The van der Waals surface area contributed by atoms with Crippen molar-refractivity contribution in [3.8, 4) is 17.8 Å². The van der Waals surface area contributed by atoms with Crippen LogP contribution in [0.3, 0.4) is 0 Å². The fraction of sp³-hybridized carbons (Fsp3) is 0.308. The molecule has 1 fully saturated rings. The molecule has 0 radical (unpaired) electrons. The molecule has 3 atom stereocenters. The highest BCUT2D eigenvalue weighted by Gasteiger charge is 2.40. The van der Waals surface area contributed by atoms with Gasteiger partial charge >= 0.3 is 6.18 Å². The first-order valence-electron chi connectivity index (χ1n) is 11.5. The second-order valence-corrected chi connectivity index (χ2v) is 9.58. The third kappa shape index (κ3) is 6.65. The number of nitriles is 1. The van der Waals surface area contributed by atoms with Gasteiger partial charge in [0.2, 0.25) is 11.8 Å². The van der Waals surface area contributed by atoms with Gasteiger partial charge in [0, 0.05) is 49.5 Å². The summed E-state index contributed by atoms with van der Waals surface area (Å²) in [5.74, 6) is -0.562. The zero-order chi connectivity index (χ0) is 27.4. The maximum atomic E-state index is 13.3. The van der Waals surface area contributed by atoms with Crippen LogP contribution in [0.1, 0.15) is 34.3 Å². The average molecular weight is 565 g/mol. The molecule has 12 heteroatoms. The van der Waals surface area contributed by atoms with E-state index in [4.69, 9.17) is 33.2 Å². The maximum absolute atomic E-state index is 13.3. The van der Waals surface area contributed by atoms with Gasteiger partial charge in [-0.15, -0.1) is 0 Å². The lowest BCUT2D eigenvalue weighted by atomic mass is 9.86. The summed E-state index contributed by atoms with van der Waals surface area (Å²) in [6.45, 7) is 1.06. The summed E-state index contributed by atoms with van der Waals surface area (Å²) in [6.07, 6.45) is -2.27. The van der Waals surface area contributed by atoms with Crippen LogP contribution in [-0.2, 0) is 0 Å². The van der Waals surface area contributed by atoms with Crippen LogP contribution in [0.15, 0.2) is 54.9 Å². The number of rotatable bonds is 7. The molecule has 0 spiro atoms. The quantitative estimate of drug-likeness (QED) is 0.354. The number of amides is 1. The minimum Gasteiger partial charge on any atom is -0.474 e. The van der Waals surface area contributed by atoms with Gasteiger partial charge < -0.3 is 14.4 Å². The van der Waals surface area contributed by atoms with Crippen LogP contribution in [0.2, 0.25) is 10.0 Å². The van der Waals surface area contributed by atoms with Crippen LogP contribution in [0.25, 0.3) is 0 Å². The Hall–Kier alpha value is -3.55. The summed E-state index contributed by atoms with van der Waals surface area (Å²) in [5.41, 5.74) is 1.48. The van der Waals surface area contributed by atoms with Crippen LogP contribution in [0.4, 0.5) is 13.2 Å². The number of pyridine rings is 2. The Bertz CT molecular complexity index is 1330. The topological polar surface area (TPSA) is 88.3 Å². The molecule has 0 N–H and O–H groups in total. The third-order valence-corrected chi connectivity index (χ3v) is 6.91. The van der Waals surface area contributed by atoms with Gasteiger partial charge in [-0.05, 0) is 36.8 Å².